The van der Waals surface area contributed by atoms with Crippen molar-refractivity contribution >= 4 is 21.6 Å². The molecule has 0 unspecified atom stereocenters. The van der Waals surface area contributed by atoms with Crippen LogP contribution in [0.3, 0.4) is 0 Å². The standard InChI is InChI=1S/C14H11BrN2/c1-10-4-3-7-17-9-13(16-14(10)17)11-5-2-6-12(15)8-11/h2-9H,1H3. The van der Waals surface area contributed by atoms with Crippen LogP contribution in [0.15, 0.2) is 53.3 Å². The zero-order valence-electron chi connectivity index (χ0n) is 9.39. The zero-order chi connectivity index (χ0) is 11.8. The van der Waals surface area contributed by atoms with Crippen molar-refractivity contribution in [2.75, 3.05) is 0 Å². The summed E-state index contributed by atoms with van der Waals surface area (Å²) in [6.45, 7) is 2.08. The summed E-state index contributed by atoms with van der Waals surface area (Å²) in [6, 6.07) is 12.3. The van der Waals surface area contributed by atoms with Gasteiger partial charge in [-0.15, -0.1) is 0 Å². The Kier molecular flexibility index (Phi) is 2.48. The number of imidazole rings is 1. The summed E-state index contributed by atoms with van der Waals surface area (Å²) in [5.74, 6) is 0. The molecule has 2 nitrogen and oxygen atoms in total. The normalized spacial score (nSPS) is 10.9. The van der Waals surface area contributed by atoms with Crippen molar-refractivity contribution in [2.24, 2.45) is 0 Å². The quantitative estimate of drug-likeness (QED) is 0.659. The number of rotatable bonds is 1. The van der Waals surface area contributed by atoms with Crippen LogP contribution in [0.1, 0.15) is 5.56 Å². The number of pyridine rings is 1. The average Bonchev–Trinajstić information content (AvgIpc) is 2.74. The first kappa shape index (κ1) is 10.5. The maximum absolute atomic E-state index is 4.67. The van der Waals surface area contributed by atoms with Crippen molar-refractivity contribution in [3.05, 3.63) is 58.8 Å². The smallest absolute Gasteiger partial charge is 0.140 e. The fraction of sp³-hybridized carbons (Fsp3) is 0.0714. The zero-order valence-corrected chi connectivity index (χ0v) is 11.0. The number of aromatic nitrogens is 2. The molecule has 0 saturated heterocycles. The van der Waals surface area contributed by atoms with Crippen LogP contribution in [0.25, 0.3) is 16.9 Å². The van der Waals surface area contributed by atoms with Gasteiger partial charge in [0.2, 0.25) is 0 Å². The Bertz CT molecular complexity index is 686. The van der Waals surface area contributed by atoms with Crippen molar-refractivity contribution in [3.8, 4) is 11.3 Å². The van der Waals surface area contributed by atoms with Crippen LogP contribution in [0.4, 0.5) is 0 Å². The van der Waals surface area contributed by atoms with E-state index in [2.05, 4.69) is 56.6 Å². The number of aryl methyl sites for hydroxylation is 1. The van der Waals surface area contributed by atoms with Crippen LogP contribution < -0.4 is 0 Å². The second-order valence-corrected chi connectivity index (χ2v) is 4.97. The second kappa shape index (κ2) is 4.00. The van der Waals surface area contributed by atoms with Crippen molar-refractivity contribution in [1.82, 2.24) is 9.38 Å². The fourth-order valence-electron chi connectivity index (χ4n) is 1.94. The molecule has 0 N–H and O–H groups in total. The van der Waals surface area contributed by atoms with E-state index in [-0.39, 0.29) is 0 Å². The van der Waals surface area contributed by atoms with Crippen LogP contribution >= 0.6 is 15.9 Å². The lowest BCUT2D eigenvalue weighted by Gasteiger charge is -1.95. The molecule has 0 spiro atoms. The van der Waals surface area contributed by atoms with Crippen molar-refractivity contribution in [3.63, 3.8) is 0 Å². The molecule has 0 aliphatic heterocycles. The number of benzene rings is 1. The first-order valence-electron chi connectivity index (χ1n) is 5.44. The van der Waals surface area contributed by atoms with E-state index in [1.165, 1.54) is 5.56 Å². The van der Waals surface area contributed by atoms with E-state index in [0.29, 0.717) is 0 Å². The monoisotopic (exact) mass is 286 g/mol. The molecule has 0 atom stereocenters. The Morgan fingerprint density at radius 2 is 2.06 bits per heavy atom. The van der Waals surface area contributed by atoms with Gasteiger partial charge in [-0.1, -0.05) is 34.1 Å². The van der Waals surface area contributed by atoms with Gasteiger partial charge in [0.1, 0.15) is 5.65 Å². The highest BCUT2D eigenvalue weighted by Crippen LogP contribution is 2.23. The average molecular weight is 287 g/mol. The summed E-state index contributed by atoms with van der Waals surface area (Å²) >= 11 is 3.48. The minimum atomic E-state index is 1.00. The van der Waals surface area contributed by atoms with E-state index in [1.54, 1.807) is 0 Å². The van der Waals surface area contributed by atoms with Gasteiger partial charge in [0.25, 0.3) is 0 Å². The predicted molar refractivity (Wildman–Crippen MR) is 73.1 cm³/mol. The molecule has 3 rings (SSSR count). The topological polar surface area (TPSA) is 17.3 Å². The van der Waals surface area contributed by atoms with Gasteiger partial charge < -0.3 is 4.40 Å². The van der Waals surface area contributed by atoms with E-state index in [1.807, 2.05) is 24.4 Å². The highest BCUT2D eigenvalue weighted by atomic mass is 79.9. The van der Waals surface area contributed by atoms with Crippen LogP contribution in [0.2, 0.25) is 0 Å². The Hall–Kier alpha value is -1.61. The second-order valence-electron chi connectivity index (χ2n) is 4.06. The predicted octanol–water partition coefficient (Wildman–Crippen LogP) is 4.07. The van der Waals surface area contributed by atoms with Crippen LogP contribution in [0, 0.1) is 6.92 Å². The molecule has 0 amide bonds. The van der Waals surface area contributed by atoms with Gasteiger partial charge in [-0.25, -0.2) is 4.98 Å². The lowest BCUT2D eigenvalue weighted by Crippen LogP contribution is -1.83. The molecule has 84 valence electrons. The van der Waals surface area contributed by atoms with Crippen LogP contribution in [0.5, 0.6) is 0 Å². The van der Waals surface area contributed by atoms with Gasteiger partial charge in [-0.2, -0.15) is 0 Å². The Morgan fingerprint density at radius 3 is 2.82 bits per heavy atom. The van der Waals surface area contributed by atoms with E-state index >= 15 is 0 Å². The highest BCUT2D eigenvalue weighted by Gasteiger charge is 2.05. The fourth-order valence-corrected chi connectivity index (χ4v) is 2.34. The van der Waals surface area contributed by atoms with Gasteiger partial charge in [0.15, 0.2) is 0 Å². The summed E-state index contributed by atoms with van der Waals surface area (Å²) in [4.78, 5) is 4.67. The molecule has 0 aliphatic carbocycles. The van der Waals surface area contributed by atoms with Gasteiger partial charge in [0.05, 0.1) is 5.69 Å². The van der Waals surface area contributed by atoms with Crippen molar-refractivity contribution in [1.29, 1.82) is 0 Å². The van der Waals surface area contributed by atoms with Gasteiger partial charge >= 0.3 is 0 Å². The summed E-state index contributed by atoms with van der Waals surface area (Å²) in [5.41, 5.74) is 4.33. The number of hydrogen-bond acceptors (Lipinski definition) is 1. The lowest BCUT2D eigenvalue weighted by atomic mass is 10.2. The summed E-state index contributed by atoms with van der Waals surface area (Å²) in [7, 11) is 0. The Labute approximate surface area is 108 Å². The third-order valence-corrected chi connectivity index (χ3v) is 3.29. The summed E-state index contributed by atoms with van der Waals surface area (Å²) < 4.78 is 3.13. The largest absolute Gasteiger partial charge is 0.306 e. The lowest BCUT2D eigenvalue weighted by molar-refractivity contribution is 1.16. The molecule has 1 aromatic carbocycles. The summed E-state index contributed by atoms with van der Waals surface area (Å²) in [6.07, 6.45) is 4.08. The van der Waals surface area contributed by atoms with E-state index in [9.17, 15) is 0 Å². The maximum atomic E-state index is 4.67. The first-order valence-corrected chi connectivity index (χ1v) is 6.23. The van der Waals surface area contributed by atoms with E-state index in [0.717, 1.165) is 21.4 Å². The van der Waals surface area contributed by atoms with Crippen LogP contribution in [-0.2, 0) is 0 Å². The first-order chi connectivity index (χ1) is 8.24. The molecule has 3 aromatic rings. The van der Waals surface area contributed by atoms with Gasteiger partial charge in [-0.3, -0.25) is 0 Å². The minimum absolute atomic E-state index is 1.00. The Morgan fingerprint density at radius 1 is 1.18 bits per heavy atom. The van der Waals surface area contributed by atoms with Gasteiger partial charge in [-0.05, 0) is 30.7 Å². The summed E-state index contributed by atoms with van der Waals surface area (Å²) in [5, 5.41) is 0. The van der Waals surface area contributed by atoms with Crippen LogP contribution in [-0.4, -0.2) is 9.38 Å². The van der Waals surface area contributed by atoms with E-state index in [4.69, 9.17) is 0 Å². The SMILES string of the molecule is Cc1cccn2cc(-c3cccc(Br)c3)nc12. The molecule has 2 heterocycles. The Balaban J connectivity index is 2.22. The highest BCUT2D eigenvalue weighted by molar-refractivity contribution is 9.10. The maximum Gasteiger partial charge on any atom is 0.140 e. The molecule has 0 bridgehead atoms. The third kappa shape index (κ3) is 1.87. The number of nitrogens with zero attached hydrogens (tertiary/aromatic N) is 2. The van der Waals surface area contributed by atoms with Gasteiger partial charge in [0, 0.05) is 22.4 Å². The van der Waals surface area contributed by atoms with Crippen molar-refractivity contribution in [2.45, 2.75) is 6.92 Å². The van der Waals surface area contributed by atoms with Crippen molar-refractivity contribution < 1.29 is 0 Å². The molecular formula is C14H11BrN2. The molecule has 0 saturated carbocycles. The van der Waals surface area contributed by atoms with E-state index < -0.39 is 0 Å². The number of fused-ring (bicyclic) bond motifs is 1. The third-order valence-electron chi connectivity index (χ3n) is 2.80. The number of halogens is 1. The molecule has 0 fully saturated rings. The molecule has 0 aliphatic rings. The molecule has 0 radical (unpaired) electrons. The molecular weight excluding hydrogens is 276 g/mol. The minimum Gasteiger partial charge on any atom is -0.306 e. The molecule has 17 heavy (non-hydrogen) atoms. The molecule has 3 heteroatoms. The molecule has 2 aromatic heterocycles. The number of hydrogen-bond donors (Lipinski definition) is 0.